The Kier molecular flexibility index (Phi) is 6.93. The number of benzene rings is 3. The Hall–Kier alpha value is -4.44. The molecular formula is C25H22N4O5S. The average molecular weight is 491 g/mol. The van der Waals surface area contributed by atoms with Crippen LogP contribution in [0.5, 0.6) is 11.5 Å². The van der Waals surface area contributed by atoms with Crippen molar-refractivity contribution in [3.63, 3.8) is 0 Å². The molecule has 0 aliphatic carbocycles. The molecule has 0 unspecified atom stereocenters. The fourth-order valence-corrected chi connectivity index (χ4v) is 4.06. The van der Waals surface area contributed by atoms with Gasteiger partial charge in [-0.05, 0) is 67.1 Å². The molecule has 9 nitrogen and oxygen atoms in total. The third-order valence-corrected chi connectivity index (χ3v) is 6.19. The molecule has 1 heterocycles. The van der Waals surface area contributed by atoms with Gasteiger partial charge in [-0.15, -0.1) is 0 Å². The summed E-state index contributed by atoms with van der Waals surface area (Å²) in [5, 5.41) is 6.82. The number of nitrogens with zero attached hydrogens (tertiary/aromatic N) is 3. The molecule has 0 radical (unpaired) electrons. The van der Waals surface area contributed by atoms with Gasteiger partial charge in [0.25, 0.3) is 0 Å². The number of hydrogen-bond donors (Lipinski definition) is 1. The largest absolute Gasteiger partial charge is 0.493 e. The van der Waals surface area contributed by atoms with Gasteiger partial charge in [0.05, 0.1) is 12.8 Å². The van der Waals surface area contributed by atoms with Crippen LogP contribution in [0.15, 0.2) is 90.4 Å². The molecule has 1 amide bonds. The number of amides is 1. The lowest BCUT2D eigenvalue weighted by Crippen LogP contribution is -2.10. The second kappa shape index (κ2) is 10.2. The lowest BCUT2D eigenvalue weighted by atomic mass is 10.2. The molecule has 10 heteroatoms. The summed E-state index contributed by atoms with van der Waals surface area (Å²) in [4.78, 5) is 16.3. The molecule has 0 saturated heterocycles. The van der Waals surface area contributed by atoms with Crippen molar-refractivity contribution in [1.82, 2.24) is 14.8 Å². The number of aromatic nitrogens is 3. The Bertz CT molecular complexity index is 1450. The highest BCUT2D eigenvalue weighted by molar-refractivity contribution is 7.87. The quantitative estimate of drug-likeness (QED) is 0.293. The lowest BCUT2D eigenvalue weighted by Gasteiger charge is -2.11. The SMILES string of the molecule is COc1cc(/C=C/C(=O)Nc2ccc(-n3cncn3)cc2)ccc1OS(=O)(=O)c1ccc(C)cc1. The van der Waals surface area contributed by atoms with Crippen molar-refractivity contribution in [3.8, 4) is 17.2 Å². The number of aryl methyl sites for hydroxylation is 1. The van der Waals surface area contributed by atoms with Crippen LogP contribution in [0.3, 0.4) is 0 Å². The minimum atomic E-state index is -4.02. The number of methoxy groups -OCH3 is 1. The Labute approximate surface area is 202 Å². The van der Waals surface area contributed by atoms with Gasteiger partial charge in [-0.2, -0.15) is 13.5 Å². The zero-order chi connectivity index (χ0) is 24.8. The van der Waals surface area contributed by atoms with E-state index in [4.69, 9.17) is 8.92 Å². The van der Waals surface area contributed by atoms with E-state index in [9.17, 15) is 13.2 Å². The summed E-state index contributed by atoms with van der Waals surface area (Å²) in [6.07, 6.45) is 5.97. The maximum atomic E-state index is 12.6. The van der Waals surface area contributed by atoms with Gasteiger partial charge in [0, 0.05) is 11.8 Å². The minimum Gasteiger partial charge on any atom is -0.493 e. The van der Waals surface area contributed by atoms with E-state index < -0.39 is 10.1 Å². The topological polar surface area (TPSA) is 112 Å². The highest BCUT2D eigenvalue weighted by Crippen LogP contribution is 2.31. The number of anilines is 1. The number of nitrogens with one attached hydrogen (secondary N) is 1. The van der Waals surface area contributed by atoms with Gasteiger partial charge < -0.3 is 14.2 Å². The van der Waals surface area contributed by atoms with Crippen molar-refractivity contribution in [2.24, 2.45) is 0 Å². The summed E-state index contributed by atoms with van der Waals surface area (Å²) in [6.45, 7) is 1.86. The van der Waals surface area contributed by atoms with Crippen LogP contribution in [0.25, 0.3) is 11.8 Å². The molecule has 0 spiro atoms. The molecule has 178 valence electrons. The van der Waals surface area contributed by atoms with Gasteiger partial charge in [-0.3, -0.25) is 4.79 Å². The standard InChI is InChI=1S/C25H22N4O5S/c1-18-3-11-22(12-4-18)35(31,32)34-23-13-5-19(15-24(23)33-2)6-14-25(30)28-20-7-9-21(10-8-20)29-17-26-16-27-29/h3-17H,1-2H3,(H,28,30)/b14-6+. The molecular weight excluding hydrogens is 468 g/mol. The second-order valence-electron chi connectivity index (χ2n) is 7.47. The van der Waals surface area contributed by atoms with Gasteiger partial charge in [0.15, 0.2) is 11.5 Å². The van der Waals surface area contributed by atoms with Crippen LogP contribution in [0.2, 0.25) is 0 Å². The van der Waals surface area contributed by atoms with Gasteiger partial charge in [-0.25, -0.2) is 9.67 Å². The first kappa shape index (κ1) is 23.7. The lowest BCUT2D eigenvalue weighted by molar-refractivity contribution is -0.111. The fourth-order valence-electron chi connectivity index (χ4n) is 3.12. The summed E-state index contributed by atoms with van der Waals surface area (Å²) in [7, 11) is -2.62. The summed E-state index contributed by atoms with van der Waals surface area (Å²) in [5.41, 5.74) is 2.99. The molecule has 1 aromatic heterocycles. The first-order valence-corrected chi connectivity index (χ1v) is 11.9. The van der Waals surface area contributed by atoms with Crippen molar-refractivity contribution < 1.29 is 22.1 Å². The number of rotatable bonds is 8. The molecule has 3 aromatic carbocycles. The molecule has 0 atom stereocenters. The molecule has 0 aliphatic rings. The van der Waals surface area contributed by atoms with Gasteiger partial charge >= 0.3 is 10.1 Å². The Morgan fingerprint density at radius 3 is 2.40 bits per heavy atom. The fraction of sp³-hybridized carbons (Fsp3) is 0.0800. The molecule has 0 aliphatic heterocycles. The zero-order valence-corrected chi connectivity index (χ0v) is 19.8. The van der Waals surface area contributed by atoms with Crippen LogP contribution in [-0.2, 0) is 14.9 Å². The number of ether oxygens (including phenoxy) is 1. The van der Waals surface area contributed by atoms with E-state index in [-0.39, 0.29) is 22.3 Å². The maximum absolute atomic E-state index is 12.6. The average Bonchev–Trinajstić information content (AvgIpc) is 3.39. The van der Waals surface area contributed by atoms with Crippen molar-refractivity contribution in [3.05, 3.63) is 96.6 Å². The van der Waals surface area contributed by atoms with Crippen molar-refractivity contribution in [1.29, 1.82) is 0 Å². The number of hydrogen-bond acceptors (Lipinski definition) is 7. The maximum Gasteiger partial charge on any atom is 0.339 e. The van der Waals surface area contributed by atoms with Crippen LogP contribution in [-0.4, -0.2) is 36.2 Å². The van der Waals surface area contributed by atoms with Gasteiger partial charge in [0.1, 0.15) is 17.6 Å². The minimum absolute atomic E-state index is 0.0418. The van der Waals surface area contributed by atoms with E-state index in [1.807, 2.05) is 19.1 Å². The highest BCUT2D eigenvalue weighted by Gasteiger charge is 2.19. The Morgan fingerprint density at radius 1 is 1.00 bits per heavy atom. The van der Waals surface area contributed by atoms with E-state index in [1.54, 1.807) is 53.5 Å². The van der Waals surface area contributed by atoms with Gasteiger partial charge in [0.2, 0.25) is 5.91 Å². The van der Waals surface area contributed by atoms with Crippen molar-refractivity contribution in [2.45, 2.75) is 11.8 Å². The van der Waals surface area contributed by atoms with E-state index in [2.05, 4.69) is 15.4 Å². The van der Waals surface area contributed by atoms with Crippen LogP contribution >= 0.6 is 0 Å². The molecule has 4 rings (SSSR count). The van der Waals surface area contributed by atoms with Gasteiger partial charge in [-0.1, -0.05) is 23.8 Å². The highest BCUT2D eigenvalue weighted by atomic mass is 32.2. The van der Waals surface area contributed by atoms with E-state index >= 15 is 0 Å². The van der Waals surface area contributed by atoms with E-state index in [0.717, 1.165) is 11.3 Å². The Morgan fingerprint density at radius 2 is 1.74 bits per heavy atom. The van der Waals surface area contributed by atoms with Crippen LogP contribution in [0.4, 0.5) is 5.69 Å². The van der Waals surface area contributed by atoms with E-state index in [1.165, 1.54) is 37.7 Å². The third-order valence-electron chi connectivity index (χ3n) is 4.94. The van der Waals surface area contributed by atoms with Crippen molar-refractivity contribution in [2.75, 3.05) is 12.4 Å². The third kappa shape index (κ3) is 5.92. The van der Waals surface area contributed by atoms with Crippen molar-refractivity contribution >= 4 is 27.8 Å². The van der Waals surface area contributed by atoms with Crippen LogP contribution in [0, 0.1) is 6.92 Å². The summed E-state index contributed by atoms with van der Waals surface area (Å²) in [5.74, 6) is -0.0751. The first-order valence-electron chi connectivity index (χ1n) is 10.5. The number of carbonyl (C=O) groups is 1. The van der Waals surface area contributed by atoms with Crippen LogP contribution in [0.1, 0.15) is 11.1 Å². The molecule has 35 heavy (non-hydrogen) atoms. The Balaban J connectivity index is 1.42. The summed E-state index contributed by atoms with van der Waals surface area (Å²) in [6, 6.07) is 18.2. The predicted molar refractivity (Wildman–Crippen MR) is 131 cm³/mol. The second-order valence-corrected chi connectivity index (χ2v) is 9.02. The molecule has 0 bridgehead atoms. The van der Waals surface area contributed by atoms with E-state index in [0.29, 0.717) is 11.3 Å². The number of carbonyl (C=O) groups excluding carboxylic acids is 1. The molecule has 4 aromatic rings. The monoisotopic (exact) mass is 490 g/mol. The van der Waals surface area contributed by atoms with Crippen LogP contribution < -0.4 is 14.2 Å². The smallest absolute Gasteiger partial charge is 0.339 e. The normalized spacial score (nSPS) is 11.4. The summed E-state index contributed by atoms with van der Waals surface area (Å²) < 4.78 is 37.4. The predicted octanol–water partition coefficient (Wildman–Crippen LogP) is 4.00. The zero-order valence-electron chi connectivity index (χ0n) is 19.0. The molecule has 1 N–H and O–H groups in total. The molecule has 0 fully saturated rings. The summed E-state index contributed by atoms with van der Waals surface area (Å²) >= 11 is 0. The molecule has 0 saturated carbocycles. The first-order chi connectivity index (χ1) is 16.8.